The average molecular weight is 527 g/mol. The molecular formula is C33H42N4O2. The van der Waals surface area contributed by atoms with Gasteiger partial charge in [0.1, 0.15) is 6.61 Å². The van der Waals surface area contributed by atoms with Gasteiger partial charge in [0.15, 0.2) is 0 Å². The van der Waals surface area contributed by atoms with Gasteiger partial charge in [-0.3, -0.25) is 14.7 Å². The molecule has 2 aliphatic heterocycles. The number of nitrogens with zero attached hydrogens (tertiary/aromatic N) is 3. The van der Waals surface area contributed by atoms with Gasteiger partial charge in [0.25, 0.3) is 0 Å². The number of anilines is 1. The fraction of sp³-hybridized carbons (Fsp3) is 0.455. The van der Waals surface area contributed by atoms with Crippen LogP contribution in [0.25, 0.3) is 0 Å². The maximum Gasteiger partial charge on any atom is 0.306 e. The Morgan fingerprint density at radius 3 is 2.67 bits per heavy atom. The Morgan fingerprint density at radius 1 is 1.10 bits per heavy atom. The number of esters is 1. The summed E-state index contributed by atoms with van der Waals surface area (Å²) in [6.07, 6.45) is 5.56. The van der Waals surface area contributed by atoms with Crippen molar-refractivity contribution >= 4 is 11.7 Å². The van der Waals surface area contributed by atoms with Crippen LogP contribution in [-0.4, -0.2) is 48.6 Å². The van der Waals surface area contributed by atoms with Gasteiger partial charge in [0.2, 0.25) is 0 Å². The van der Waals surface area contributed by atoms with Gasteiger partial charge in [-0.15, -0.1) is 0 Å². The summed E-state index contributed by atoms with van der Waals surface area (Å²) in [6, 6.07) is 19.3. The number of aryl methyl sites for hydroxylation is 2. The Balaban J connectivity index is 1.13. The summed E-state index contributed by atoms with van der Waals surface area (Å²) < 4.78 is 5.54. The number of likely N-dealkylation sites (N-methyl/N-ethyl adjacent to an activating group) is 1. The van der Waals surface area contributed by atoms with Gasteiger partial charge in [-0.2, -0.15) is 0 Å². The van der Waals surface area contributed by atoms with E-state index >= 15 is 0 Å². The Morgan fingerprint density at radius 2 is 1.90 bits per heavy atom. The fourth-order valence-corrected chi connectivity index (χ4v) is 6.04. The van der Waals surface area contributed by atoms with E-state index in [2.05, 4.69) is 65.3 Å². The van der Waals surface area contributed by atoms with Crippen LogP contribution in [0.2, 0.25) is 0 Å². The zero-order chi connectivity index (χ0) is 27.2. The number of nitrogens with one attached hydrogen (secondary N) is 1. The van der Waals surface area contributed by atoms with Crippen molar-refractivity contribution in [1.82, 2.24) is 15.2 Å². The van der Waals surface area contributed by atoms with Crippen LogP contribution < -0.4 is 10.2 Å². The van der Waals surface area contributed by atoms with Crippen molar-refractivity contribution in [2.24, 2.45) is 5.92 Å². The van der Waals surface area contributed by atoms with Crippen molar-refractivity contribution in [2.45, 2.75) is 65.3 Å². The van der Waals surface area contributed by atoms with E-state index in [0.717, 1.165) is 63.2 Å². The molecule has 6 nitrogen and oxygen atoms in total. The smallest absolute Gasteiger partial charge is 0.306 e. The minimum Gasteiger partial charge on any atom is -0.461 e. The average Bonchev–Trinajstić information content (AvgIpc) is 2.94. The van der Waals surface area contributed by atoms with Gasteiger partial charge in [-0.05, 0) is 80.0 Å². The molecule has 0 spiro atoms. The minimum atomic E-state index is -0.0801. The third-order valence-corrected chi connectivity index (χ3v) is 8.21. The topological polar surface area (TPSA) is 57.7 Å². The summed E-state index contributed by atoms with van der Waals surface area (Å²) >= 11 is 0. The number of aromatic nitrogens is 1. The highest BCUT2D eigenvalue weighted by atomic mass is 16.5. The summed E-state index contributed by atoms with van der Waals surface area (Å²) in [7, 11) is 2.19. The standard InChI is InChI=1S/C33H42N4O2/c1-24-16-25(2)31(35-19-24)22-36(3)21-29-18-30-28(20-34-29)10-7-11-32(30)37-14-12-26(13-15-37)17-33(38)39-23-27-8-5-4-6-9-27/h4-11,16,19,26,29,34H,12-15,17-18,20-23H2,1-3H3/t29-/m1/s1. The van der Waals surface area contributed by atoms with E-state index < -0.39 is 0 Å². The van der Waals surface area contributed by atoms with E-state index in [9.17, 15) is 4.79 Å². The van der Waals surface area contributed by atoms with E-state index in [1.807, 2.05) is 36.5 Å². The van der Waals surface area contributed by atoms with Crippen molar-refractivity contribution in [2.75, 3.05) is 31.6 Å². The van der Waals surface area contributed by atoms with Gasteiger partial charge in [-0.25, -0.2) is 0 Å². The number of piperidine rings is 1. The fourth-order valence-electron chi connectivity index (χ4n) is 6.04. The molecule has 0 radical (unpaired) electrons. The number of hydrogen-bond acceptors (Lipinski definition) is 6. The molecule has 1 aromatic heterocycles. The molecule has 0 saturated carbocycles. The normalized spacial score (nSPS) is 17.7. The van der Waals surface area contributed by atoms with Crippen LogP contribution in [0.1, 0.15) is 52.8 Å². The number of carbonyl (C=O) groups is 1. The summed E-state index contributed by atoms with van der Waals surface area (Å²) in [5, 5.41) is 3.77. The highest BCUT2D eigenvalue weighted by Crippen LogP contribution is 2.32. The Kier molecular flexibility index (Phi) is 8.95. The number of fused-ring (bicyclic) bond motifs is 1. The van der Waals surface area contributed by atoms with Gasteiger partial charge in [0, 0.05) is 57.1 Å². The van der Waals surface area contributed by atoms with Crippen molar-refractivity contribution in [3.05, 3.63) is 94.3 Å². The maximum absolute atomic E-state index is 12.4. The number of benzene rings is 2. The number of pyridine rings is 1. The predicted octanol–water partition coefficient (Wildman–Crippen LogP) is 5.19. The molecule has 2 aliphatic rings. The number of hydrogen-bond donors (Lipinski definition) is 1. The highest BCUT2D eigenvalue weighted by Gasteiger charge is 2.27. The lowest BCUT2D eigenvalue weighted by molar-refractivity contribution is -0.146. The second-order valence-corrected chi connectivity index (χ2v) is 11.5. The molecule has 39 heavy (non-hydrogen) atoms. The number of carbonyl (C=O) groups excluding carboxylic acids is 1. The molecule has 0 bridgehead atoms. The molecule has 206 valence electrons. The largest absolute Gasteiger partial charge is 0.461 e. The Hall–Kier alpha value is -3.22. The molecule has 1 N–H and O–H groups in total. The van der Waals surface area contributed by atoms with E-state index in [-0.39, 0.29) is 5.97 Å². The van der Waals surface area contributed by atoms with Crippen molar-refractivity contribution in [3.63, 3.8) is 0 Å². The SMILES string of the molecule is Cc1cnc(CN(C)C[C@H]2Cc3c(cccc3N3CCC(CC(=O)OCc4ccccc4)CC3)CN2)c(C)c1. The molecule has 0 aliphatic carbocycles. The summed E-state index contributed by atoms with van der Waals surface area (Å²) in [6.45, 7) is 9.34. The first-order valence-corrected chi connectivity index (χ1v) is 14.3. The molecule has 6 heteroatoms. The lowest BCUT2D eigenvalue weighted by atomic mass is 9.90. The summed E-state index contributed by atoms with van der Waals surface area (Å²) in [4.78, 5) is 22.0. The molecule has 3 heterocycles. The first-order chi connectivity index (χ1) is 18.9. The van der Waals surface area contributed by atoms with E-state index in [0.29, 0.717) is 25.0 Å². The molecule has 1 fully saturated rings. The molecule has 2 aromatic carbocycles. The molecule has 0 unspecified atom stereocenters. The molecule has 1 saturated heterocycles. The summed E-state index contributed by atoms with van der Waals surface area (Å²) in [5.41, 5.74) is 8.95. The zero-order valence-corrected chi connectivity index (χ0v) is 23.7. The van der Waals surface area contributed by atoms with E-state index in [1.165, 1.54) is 27.9 Å². The van der Waals surface area contributed by atoms with Gasteiger partial charge >= 0.3 is 5.97 Å². The molecule has 3 aromatic rings. The summed E-state index contributed by atoms with van der Waals surface area (Å²) in [5.74, 6) is 0.314. The molecule has 5 rings (SSSR count). The lowest BCUT2D eigenvalue weighted by Crippen LogP contribution is -2.44. The Bertz CT molecular complexity index is 1250. The highest BCUT2D eigenvalue weighted by molar-refractivity contribution is 5.69. The van der Waals surface area contributed by atoms with Crippen LogP contribution in [0.15, 0.2) is 60.8 Å². The lowest BCUT2D eigenvalue weighted by Gasteiger charge is -2.37. The second-order valence-electron chi connectivity index (χ2n) is 11.5. The van der Waals surface area contributed by atoms with Crippen LogP contribution in [0, 0.1) is 19.8 Å². The Labute approximate surface area is 233 Å². The molecule has 0 amide bonds. The quantitative estimate of drug-likeness (QED) is 0.387. The monoisotopic (exact) mass is 526 g/mol. The molecule has 1 atom stereocenters. The third kappa shape index (κ3) is 7.25. The second kappa shape index (κ2) is 12.8. The van der Waals surface area contributed by atoms with Crippen molar-refractivity contribution < 1.29 is 9.53 Å². The van der Waals surface area contributed by atoms with Crippen molar-refractivity contribution in [1.29, 1.82) is 0 Å². The number of ether oxygens (including phenoxy) is 1. The first kappa shape index (κ1) is 27.4. The zero-order valence-electron chi connectivity index (χ0n) is 23.7. The van der Waals surface area contributed by atoms with Crippen LogP contribution >= 0.6 is 0 Å². The van der Waals surface area contributed by atoms with E-state index in [4.69, 9.17) is 4.74 Å². The van der Waals surface area contributed by atoms with Crippen molar-refractivity contribution in [3.8, 4) is 0 Å². The predicted molar refractivity (Wildman–Crippen MR) is 157 cm³/mol. The third-order valence-electron chi connectivity index (χ3n) is 8.21. The van der Waals surface area contributed by atoms with Crippen LogP contribution in [0.3, 0.4) is 0 Å². The first-order valence-electron chi connectivity index (χ1n) is 14.3. The minimum absolute atomic E-state index is 0.0801. The number of rotatable bonds is 9. The van der Waals surface area contributed by atoms with Gasteiger partial charge < -0.3 is 15.0 Å². The van der Waals surface area contributed by atoms with Crippen LogP contribution in [-0.2, 0) is 35.6 Å². The maximum atomic E-state index is 12.4. The van der Waals surface area contributed by atoms with Crippen LogP contribution in [0.4, 0.5) is 5.69 Å². The molecular weight excluding hydrogens is 484 g/mol. The van der Waals surface area contributed by atoms with Gasteiger partial charge in [-0.1, -0.05) is 48.5 Å². The van der Waals surface area contributed by atoms with Crippen LogP contribution in [0.5, 0.6) is 0 Å². The van der Waals surface area contributed by atoms with Gasteiger partial charge in [0.05, 0.1) is 5.69 Å². The van der Waals surface area contributed by atoms with E-state index in [1.54, 1.807) is 0 Å².